The van der Waals surface area contributed by atoms with Gasteiger partial charge >= 0.3 is 5.97 Å². The molecule has 6 nitrogen and oxygen atoms in total. The van der Waals surface area contributed by atoms with E-state index in [-0.39, 0.29) is 12.6 Å². The highest BCUT2D eigenvalue weighted by Gasteiger charge is 2.12. The standard InChI is InChI=1S/C21H22I2N2O4/c1-2-28-20(26)14-29-21-18(22)11-15(12-19(21)23)13-24-16-3-5-17(6-4-16)25-7-9-27-10-8-25/h3-6,11-13H,2,7-10,14H2,1H3. The van der Waals surface area contributed by atoms with E-state index in [0.717, 1.165) is 44.7 Å². The molecule has 1 saturated heterocycles. The molecule has 154 valence electrons. The lowest BCUT2D eigenvalue weighted by Gasteiger charge is -2.28. The Morgan fingerprint density at radius 2 is 1.83 bits per heavy atom. The van der Waals surface area contributed by atoms with E-state index in [2.05, 4.69) is 67.2 Å². The number of hydrogen-bond donors (Lipinski definition) is 0. The van der Waals surface area contributed by atoms with Crippen molar-refractivity contribution in [3.63, 3.8) is 0 Å². The van der Waals surface area contributed by atoms with Crippen LogP contribution in [0.1, 0.15) is 12.5 Å². The molecule has 1 fully saturated rings. The molecule has 0 atom stereocenters. The third kappa shape index (κ3) is 6.54. The predicted molar refractivity (Wildman–Crippen MR) is 131 cm³/mol. The van der Waals surface area contributed by atoms with Crippen LogP contribution in [0.5, 0.6) is 5.75 Å². The van der Waals surface area contributed by atoms with Gasteiger partial charge in [-0.05, 0) is 94.1 Å². The maximum absolute atomic E-state index is 11.5. The Kier molecular flexibility index (Phi) is 8.54. The summed E-state index contributed by atoms with van der Waals surface area (Å²) in [6.45, 7) is 5.42. The van der Waals surface area contributed by atoms with Gasteiger partial charge in [0.25, 0.3) is 0 Å². The van der Waals surface area contributed by atoms with Crippen molar-refractivity contribution >= 4 is 68.7 Å². The van der Waals surface area contributed by atoms with Crippen LogP contribution in [0.2, 0.25) is 0 Å². The van der Waals surface area contributed by atoms with Gasteiger partial charge in [0.15, 0.2) is 6.61 Å². The molecule has 8 heteroatoms. The molecular formula is C21H22I2N2O4. The Labute approximate surface area is 197 Å². The highest BCUT2D eigenvalue weighted by Crippen LogP contribution is 2.29. The second-order valence-corrected chi connectivity index (χ2v) is 8.61. The van der Waals surface area contributed by atoms with Gasteiger partial charge in [0.1, 0.15) is 5.75 Å². The Bertz CT molecular complexity index is 842. The van der Waals surface area contributed by atoms with Gasteiger partial charge in [-0.3, -0.25) is 4.99 Å². The molecule has 2 aromatic carbocycles. The van der Waals surface area contributed by atoms with Crippen LogP contribution in [0.4, 0.5) is 11.4 Å². The fourth-order valence-electron chi connectivity index (χ4n) is 2.85. The molecule has 0 unspecified atom stereocenters. The largest absolute Gasteiger partial charge is 0.480 e. The molecule has 0 radical (unpaired) electrons. The number of hydrogen-bond acceptors (Lipinski definition) is 6. The summed E-state index contributed by atoms with van der Waals surface area (Å²) in [6.07, 6.45) is 1.84. The fraction of sp³-hybridized carbons (Fsp3) is 0.333. The van der Waals surface area contributed by atoms with Gasteiger partial charge in [-0.25, -0.2) is 4.79 Å². The van der Waals surface area contributed by atoms with Crippen LogP contribution in [-0.2, 0) is 14.3 Å². The summed E-state index contributed by atoms with van der Waals surface area (Å²) in [5.41, 5.74) is 3.06. The van der Waals surface area contributed by atoms with E-state index < -0.39 is 0 Å². The number of rotatable bonds is 7. The van der Waals surface area contributed by atoms with E-state index in [1.54, 1.807) is 6.92 Å². The minimum Gasteiger partial charge on any atom is -0.480 e. The fourth-order valence-corrected chi connectivity index (χ4v) is 4.97. The van der Waals surface area contributed by atoms with E-state index >= 15 is 0 Å². The van der Waals surface area contributed by atoms with Gasteiger partial charge in [0, 0.05) is 25.0 Å². The first-order valence-corrected chi connectivity index (χ1v) is 11.5. The highest BCUT2D eigenvalue weighted by atomic mass is 127. The molecule has 1 aliphatic rings. The zero-order valence-electron chi connectivity index (χ0n) is 16.1. The van der Waals surface area contributed by atoms with Crippen molar-refractivity contribution in [1.82, 2.24) is 0 Å². The average Bonchev–Trinajstić information content (AvgIpc) is 2.73. The van der Waals surface area contributed by atoms with Crippen molar-refractivity contribution in [1.29, 1.82) is 0 Å². The monoisotopic (exact) mass is 620 g/mol. The Balaban J connectivity index is 1.65. The predicted octanol–water partition coefficient (Wildman–Crippen LogP) is 4.42. The van der Waals surface area contributed by atoms with Gasteiger partial charge in [0.2, 0.25) is 0 Å². The van der Waals surface area contributed by atoms with Crippen LogP contribution in [0.3, 0.4) is 0 Å². The molecule has 1 aliphatic heterocycles. The number of morpholine rings is 1. The summed E-state index contributed by atoms with van der Waals surface area (Å²) < 4.78 is 17.8. The van der Waals surface area contributed by atoms with Crippen LogP contribution in [0.15, 0.2) is 41.4 Å². The number of anilines is 1. The molecular weight excluding hydrogens is 598 g/mol. The van der Waals surface area contributed by atoms with Crippen LogP contribution in [-0.4, -0.2) is 51.7 Å². The number of carbonyl (C=O) groups is 1. The minimum atomic E-state index is -0.370. The number of nitrogens with zero attached hydrogens (tertiary/aromatic N) is 2. The number of carbonyl (C=O) groups excluding carboxylic acids is 1. The number of benzene rings is 2. The third-order valence-corrected chi connectivity index (χ3v) is 5.85. The Morgan fingerprint density at radius 1 is 1.17 bits per heavy atom. The van der Waals surface area contributed by atoms with Gasteiger partial charge in [0.05, 0.1) is 32.6 Å². The lowest BCUT2D eigenvalue weighted by molar-refractivity contribution is -0.145. The molecule has 29 heavy (non-hydrogen) atoms. The average molecular weight is 620 g/mol. The molecule has 0 aliphatic carbocycles. The van der Waals surface area contributed by atoms with Crippen molar-refractivity contribution in [2.24, 2.45) is 4.99 Å². The number of ether oxygens (including phenoxy) is 3. The molecule has 0 aromatic heterocycles. The van der Waals surface area contributed by atoms with E-state index in [0.29, 0.717) is 12.4 Å². The topological polar surface area (TPSA) is 60.4 Å². The van der Waals surface area contributed by atoms with E-state index in [1.807, 2.05) is 30.5 Å². The Morgan fingerprint density at radius 3 is 2.45 bits per heavy atom. The van der Waals surface area contributed by atoms with Gasteiger partial charge in [-0.2, -0.15) is 0 Å². The summed E-state index contributed by atoms with van der Waals surface area (Å²) in [6, 6.07) is 12.2. The molecule has 0 amide bonds. The van der Waals surface area contributed by atoms with Crippen molar-refractivity contribution in [3.8, 4) is 5.75 Å². The molecule has 0 bridgehead atoms. The quantitative estimate of drug-likeness (QED) is 0.261. The summed E-state index contributed by atoms with van der Waals surface area (Å²) in [7, 11) is 0. The SMILES string of the molecule is CCOC(=O)COc1c(I)cc(C=Nc2ccc(N3CCOCC3)cc2)cc1I. The van der Waals surface area contributed by atoms with Crippen LogP contribution in [0.25, 0.3) is 0 Å². The summed E-state index contributed by atoms with van der Waals surface area (Å²) in [4.78, 5) is 18.4. The van der Waals surface area contributed by atoms with Gasteiger partial charge in [-0.15, -0.1) is 0 Å². The van der Waals surface area contributed by atoms with Crippen LogP contribution in [0, 0.1) is 7.14 Å². The zero-order chi connectivity index (χ0) is 20.6. The van der Waals surface area contributed by atoms with E-state index in [1.165, 1.54) is 5.69 Å². The summed E-state index contributed by atoms with van der Waals surface area (Å²) >= 11 is 4.41. The smallest absolute Gasteiger partial charge is 0.344 e. The maximum atomic E-state index is 11.5. The van der Waals surface area contributed by atoms with Crippen molar-refractivity contribution in [3.05, 3.63) is 49.1 Å². The molecule has 0 spiro atoms. The van der Waals surface area contributed by atoms with Gasteiger partial charge in [-0.1, -0.05) is 0 Å². The van der Waals surface area contributed by atoms with Crippen LogP contribution < -0.4 is 9.64 Å². The van der Waals surface area contributed by atoms with E-state index in [4.69, 9.17) is 14.2 Å². The summed E-state index contributed by atoms with van der Waals surface area (Å²) in [5, 5.41) is 0. The normalized spacial score (nSPS) is 14.2. The minimum absolute atomic E-state index is 0.0945. The Hall–Kier alpha value is -1.40. The van der Waals surface area contributed by atoms with Crippen molar-refractivity contribution < 1.29 is 19.0 Å². The highest BCUT2D eigenvalue weighted by molar-refractivity contribution is 14.1. The molecule has 0 saturated carbocycles. The van der Waals surface area contributed by atoms with E-state index in [9.17, 15) is 4.79 Å². The lowest BCUT2D eigenvalue weighted by Crippen LogP contribution is -2.36. The van der Waals surface area contributed by atoms with Gasteiger partial charge < -0.3 is 19.1 Å². The molecule has 1 heterocycles. The summed E-state index contributed by atoms with van der Waals surface area (Å²) in [5.74, 6) is 0.316. The maximum Gasteiger partial charge on any atom is 0.344 e. The number of aliphatic imine (C=N–C) groups is 1. The molecule has 0 N–H and O–H groups in total. The molecule has 3 rings (SSSR count). The number of halogens is 2. The second kappa shape index (κ2) is 11.1. The molecule has 2 aromatic rings. The number of esters is 1. The van der Waals surface area contributed by atoms with Crippen molar-refractivity contribution in [2.45, 2.75) is 6.92 Å². The first-order valence-electron chi connectivity index (χ1n) is 9.31. The van der Waals surface area contributed by atoms with Crippen molar-refractivity contribution in [2.75, 3.05) is 44.4 Å². The zero-order valence-corrected chi connectivity index (χ0v) is 20.4. The lowest BCUT2D eigenvalue weighted by atomic mass is 10.2. The second-order valence-electron chi connectivity index (χ2n) is 6.28. The third-order valence-electron chi connectivity index (χ3n) is 4.25. The van der Waals surface area contributed by atoms with Crippen LogP contribution >= 0.6 is 45.2 Å². The first-order chi connectivity index (χ1) is 14.1. The first kappa shape index (κ1) is 22.3.